The topological polar surface area (TPSA) is 121 Å². The average Bonchev–Trinajstić information content (AvgIpc) is 3.24. The molecule has 5 rings (SSSR count). The van der Waals surface area contributed by atoms with Gasteiger partial charge in [0.25, 0.3) is 5.91 Å². The first-order valence-electron chi connectivity index (χ1n) is 9.90. The van der Waals surface area contributed by atoms with Gasteiger partial charge in [-0.1, -0.05) is 48.5 Å². The largest absolute Gasteiger partial charge is 0.386 e. The molecule has 0 bridgehead atoms. The van der Waals surface area contributed by atoms with E-state index in [0.29, 0.717) is 5.69 Å². The van der Waals surface area contributed by atoms with Gasteiger partial charge in [-0.25, -0.2) is 4.68 Å². The third-order valence-electron chi connectivity index (χ3n) is 6.56. The minimum absolute atomic E-state index is 0.0145. The summed E-state index contributed by atoms with van der Waals surface area (Å²) in [4.78, 5) is 17.0. The molecule has 3 aromatic rings. The Morgan fingerprint density at radius 3 is 2.32 bits per heavy atom. The Balaban J connectivity index is 1.88. The lowest BCUT2D eigenvalue weighted by molar-refractivity contribution is -0.126. The van der Waals surface area contributed by atoms with Gasteiger partial charge in [-0.3, -0.25) is 4.79 Å². The second-order valence-corrected chi connectivity index (χ2v) is 7.95. The SMILES string of the molecule is Cc1c2c(nn1-c1ccccc1)C[C@@]1(C#N)C(=O)N=C(N)[C@@]1(C#N)[C@H]2c1ccccc1. The number of carbonyl (C=O) groups excluding carboxylic acids is 1. The molecule has 150 valence electrons. The van der Waals surface area contributed by atoms with E-state index in [1.165, 1.54) is 0 Å². The van der Waals surface area contributed by atoms with Gasteiger partial charge in [0.05, 0.1) is 23.5 Å². The highest BCUT2D eigenvalue weighted by molar-refractivity contribution is 6.12. The number of amides is 1. The maximum atomic E-state index is 13.0. The summed E-state index contributed by atoms with van der Waals surface area (Å²) in [5, 5.41) is 25.5. The molecular formula is C24H18N6O. The zero-order valence-electron chi connectivity index (χ0n) is 16.8. The van der Waals surface area contributed by atoms with Crippen LogP contribution in [0.2, 0.25) is 0 Å². The van der Waals surface area contributed by atoms with Crippen molar-refractivity contribution in [2.75, 3.05) is 0 Å². The number of nitrogens with two attached hydrogens (primary N) is 1. The summed E-state index contributed by atoms with van der Waals surface area (Å²) < 4.78 is 1.80. The quantitative estimate of drug-likeness (QED) is 0.701. The van der Waals surface area contributed by atoms with Crippen LogP contribution >= 0.6 is 0 Å². The highest BCUT2D eigenvalue weighted by atomic mass is 16.2. The van der Waals surface area contributed by atoms with Gasteiger partial charge in [0.15, 0.2) is 10.8 Å². The molecule has 1 aliphatic carbocycles. The molecule has 1 amide bonds. The van der Waals surface area contributed by atoms with Crippen molar-refractivity contribution < 1.29 is 4.79 Å². The summed E-state index contributed by atoms with van der Waals surface area (Å²) in [7, 11) is 0. The third kappa shape index (κ3) is 2.18. The molecule has 0 fully saturated rings. The second-order valence-electron chi connectivity index (χ2n) is 7.95. The number of aliphatic imine (C=N–C) groups is 1. The van der Waals surface area contributed by atoms with Crippen molar-refractivity contribution in [2.24, 2.45) is 21.6 Å². The van der Waals surface area contributed by atoms with Crippen LogP contribution in [0.15, 0.2) is 65.7 Å². The Morgan fingerprint density at radius 1 is 1.06 bits per heavy atom. The van der Waals surface area contributed by atoms with Gasteiger partial charge >= 0.3 is 0 Å². The Kier molecular flexibility index (Phi) is 3.87. The number of hydrogen-bond donors (Lipinski definition) is 1. The predicted octanol–water partition coefficient (Wildman–Crippen LogP) is 2.79. The lowest BCUT2D eigenvalue weighted by Gasteiger charge is -2.43. The van der Waals surface area contributed by atoms with Crippen LogP contribution in [0.4, 0.5) is 0 Å². The van der Waals surface area contributed by atoms with Crippen LogP contribution < -0.4 is 5.73 Å². The fraction of sp³-hybridized carbons (Fsp3) is 0.208. The van der Waals surface area contributed by atoms with Crippen LogP contribution in [0.1, 0.15) is 28.4 Å². The van der Waals surface area contributed by atoms with E-state index in [9.17, 15) is 15.3 Å². The van der Waals surface area contributed by atoms with Crippen molar-refractivity contribution in [3.63, 3.8) is 0 Å². The van der Waals surface area contributed by atoms with E-state index in [4.69, 9.17) is 10.8 Å². The molecule has 0 spiro atoms. The number of nitrogens with zero attached hydrogens (tertiary/aromatic N) is 5. The molecule has 3 atom stereocenters. The normalized spacial score (nSPS) is 26.4. The zero-order chi connectivity index (χ0) is 21.8. The van der Waals surface area contributed by atoms with Crippen LogP contribution in [0, 0.1) is 40.4 Å². The molecule has 31 heavy (non-hydrogen) atoms. The van der Waals surface area contributed by atoms with E-state index < -0.39 is 22.7 Å². The summed E-state index contributed by atoms with van der Waals surface area (Å²) in [6.07, 6.45) is -0.0145. The van der Waals surface area contributed by atoms with Crippen molar-refractivity contribution in [3.05, 3.63) is 83.2 Å². The number of fused-ring (bicyclic) bond motifs is 2. The van der Waals surface area contributed by atoms with Gasteiger partial charge in [0, 0.05) is 23.6 Å². The van der Waals surface area contributed by atoms with Gasteiger partial charge < -0.3 is 5.73 Å². The van der Waals surface area contributed by atoms with Crippen molar-refractivity contribution in [2.45, 2.75) is 19.3 Å². The molecule has 2 aliphatic rings. The molecule has 0 saturated carbocycles. The minimum atomic E-state index is -1.72. The van der Waals surface area contributed by atoms with Crippen LogP contribution in [0.25, 0.3) is 5.69 Å². The van der Waals surface area contributed by atoms with Gasteiger partial charge in [-0.05, 0) is 24.6 Å². The maximum Gasteiger partial charge on any atom is 0.270 e. The Morgan fingerprint density at radius 2 is 1.71 bits per heavy atom. The minimum Gasteiger partial charge on any atom is -0.386 e. The maximum absolute atomic E-state index is 13.0. The van der Waals surface area contributed by atoms with E-state index in [0.717, 1.165) is 22.5 Å². The lowest BCUT2D eigenvalue weighted by Crippen LogP contribution is -2.55. The molecule has 7 nitrogen and oxygen atoms in total. The Bertz CT molecular complexity index is 1330. The number of nitriles is 2. The molecule has 2 N–H and O–H groups in total. The van der Waals surface area contributed by atoms with Gasteiger partial charge in [0.1, 0.15) is 5.84 Å². The summed E-state index contributed by atoms with van der Waals surface area (Å²) in [6, 6.07) is 23.4. The summed E-state index contributed by atoms with van der Waals surface area (Å²) in [5.41, 5.74) is 6.84. The predicted molar refractivity (Wildman–Crippen MR) is 113 cm³/mol. The fourth-order valence-electron chi connectivity index (χ4n) is 5.11. The molecule has 1 aromatic heterocycles. The van der Waals surface area contributed by atoms with Crippen LogP contribution in [0.5, 0.6) is 0 Å². The Hall–Kier alpha value is -4.23. The molecule has 0 radical (unpaired) electrons. The third-order valence-corrected chi connectivity index (χ3v) is 6.56. The van der Waals surface area contributed by atoms with E-state index in [2.05, 4.69) is 17.1 Å². The number of benzene rings is 2. The van der Waals surface area contributed by atoms with E-state index >= 15 is 0 Å². The number of hydrogen-bond acceptors (Lipinski definition) is 5. The van der Waals surface area contributed by atoms with Crippen molar-refractivity contribution in [3.8, 4) is 17.8 Å². The Labute approximate surface area is 179 Å². The van der Waals surface area contributed by atoms with Gasteiger partial charge in [0.2, 0.25) is 0 Å². The highest BCUT2D eigenvalue weighted by Crippen LogP contribution is 2.61. The summed E-state index contributed by atoms with van der Waals surface area (Å²) in [6.45, 7) is 1.93. The number of amidine groups is 1. The molecule has 7 heteroatoms. The van der Waals surface area contributed by atoms with E-state index in [-0.39, 0.29) is 12.3 Å². The highest BCUT2D eigenvalue weighted by Gasteiger charge is 2.71. The van der Waals surface area contributed by atoms with E-state index in [1.54, 1.807) is 4.68 Å². The number of para-hydroxylation sites is 1. The van der Waals surface area contributed by atoms with E-state index in [1.807, 2.05) is 67.6 Å². The molecule has 0 unspecified atom stereocenters. The fourth-order valence-corrected chi connectivity index (χ4v) is 5.11. The van der Waals surface area contributed by atoms with Gasteiger partial charge in [-0.2, -0.15) is 20.6 Å². The first kappa shape index (κ1) is 18.8. The monoisotopic (exact) mass is 406 g/mol. The molecule has 2 heterocycles. The van der Waals surface area contributed by atoms with Crippen LogP contribution in [-0.4, -0.2) is 21.5 Å². The van der Waals surface area contributed by atoms with Crippen LogP contribution in [0.3, 0.4) is 0 Å². The number of rotatable bonds is 2. The first-order chi connectivity index (χ1) is 15.0. The first-order valence-corrected chi connectivity index (χ1v) is 9.90. The lowest BCUT2D eigenvalue weighted by atomic mass is 9.51. The standard InChI is InChI=1S/C24H18N6O/c1-15-19-18(29-30(15)17-10-6-3-7-11-17)12-23(13-25)22(31)28-21(27)24(23,14-26)20(19)16-8-4-2-5-9-16/h2-11,20H,12H2,1H3,(H2,27,28,31)/t20-,23+,24+/m0/s1. The molecule has 1 aliphatic heterocycles. The van der Waals surface area contributed by atoms with Gasteiger partial charge in [-0.15, -0.1) is 0 Å². The van der Waals surface area contributed by atoms with Crippen molar-refractivity contribution in [1.29, 1.82) is 10.5 Å². The zero-order valence-corrected chi connectivity index (χ0v) is 16.8. The van der Waals surface area contributed by atoms with Crippen molar-refractivity contribution in [1.82, 2.24) is 9.78 Å². The molecule has 0 saturated heterocycles. The summed E-state index contributed by atoms with van der Waals surface area (Å²) >= 11 is 0. The molecular weight excluding hydrogens is 388 g/mol. The number of carbonyl (C=O) groups is 1. The molecule has 2 aromatic carbocycles. The van der Waals surface area contributed by atoms with Crippen LogP contribution in [-0.2, 0) is 11.2 Å². The average molecular weight is 406 g/mol. The smallest absolute Gasteiger partial charge is 0.270 e. The summed E-state index contributed by atoms with van der Waals surface area (Å²) in [5.74, 6) is -1.43. The van der Waals surface area contributed by atoms with Crippen molar-refractivity contribution >= 4 is 11.7 Å². The number of aromatic nitrogens is 2. The second kappa shape index (κ2) is 6.38.